The number of para-hydroxylation sites is 1. The van der Waals surface area contributed by atoms with E-state index in [0.29, 0.717) is 0 Å². The Hall–Kier alpha value is -6.18. The van der Waals surface area contributed by atoms with Crippen LogP contribution in [-0.4, -0.2) is 0 Å². The van der Waals surface area contributed by atoms with Crippen LogP contribution < -0.4 is 4.90 Å². The van der Waals surface area contributed by atoms with Gasteiger partial charge in [0.15, 0.2) is 0 Å². The number of anilines is 3. The van der Waals surface area contributed by atoms with Gasteiger partial charge in [-0.1, -0.05) is 133 Å². The summed E-state index contributed by atoms with van der Waals surface area (Å²) in [6.45, 7) is 0. The van der Waals surface area contributed by atoms with Crippen molar-refractivity contribution in [3.05, 3.63) is 188 Å². The van der Waals surface area contributed by atoms with Gasteiger partial charge in [0, 0.05) is 17.1 Å². The molecule has 0 aliphatic heterocycles. The van der Waals surface area contributed by atoms with Gasteiger partial charge in [0.05, 0.1) is 0 Å². The molecule has 0 N–H and O–H groups in total. The lowest BCUT2D eigenvalue weighted by Crippen LogP contribution is -2.09. The highest BCUT2D eigenvalue weighted by Crippen LogP contribution is 2.39. The van der Waals surface area contributed by atoms with Gasteiger partial charge in [-0.2, -0.15) is 0 Å². The Bertz CT molecular complexity index is 2580. The first-order valence-corrected chi connectivity index (χ1v) is 16.2. The molecule has 0 atom stereocenters. The third-order valence-electron chi connectivity index (χ3n) is 9.36. The molecule has 0 fully saturated rings. The Kier molecular flexibility index (Phi) is 6.54. The van der Waals surface area contributed by atoms with Crippen molar-refractivity contribution in [2.24, 2.45) is 0 Å². The molecule has 1 nitrogen and oxygen atoms in total. The molecule has 0 aliphatic carbocycles. The van der Waals surface area contributed by atoms with Crippen LogP contribution in [0.15, 0.2) is 188 Å². The van der Waals surface area contributed by atoms with Crippen LogP contribution in [0.5, 0.6) is 0 Å². The molecule has 9 aromatic rings. The van der Waals surface area contributed by atoms with Gasteiger partial charge in [0.1, 0.15) is 0 Å². The van der Waals surface area contributed by atoms with Gasteiger partial charge < -0.3 is 4.90 Å². The molecule has 0 saturated heterocycles. The molecular weight excluding hydrogens is 567 g/mol. The quantitative estimate of drug-likeness (QED) is 0.178. The molecule has 0 bridgehead atoms. The van der Waals surface area contributed by atoms with Gasteiger partial charge in [-0.05, 0) is 120 Å². The molecule has 0 unspecified atom stereocenters. The summed E-state index contributed by atoms with van der Waals surface area (Å²) in [5, 5.41) is 10.1. The lowest BCUT2D eigenvalue weighted by atomic mass is 9.92. The lowest BCUT2D eigenvalue weighted by Gasteiger charge is -2.26. The van der Waals surface area contributed by atoms with E-state index in [4.69, 9.17) is 0 Å². The predicted molar refractivity (Wildman–Crippen MR) is 202 cm³/mol. The monoisotopic (exact) mass is 597 g/mol. The highest BCUT2D eigenvalue weighted by molar-refractivity contribution is 6.14. The average Bonchev–Trinajstić information content (AvgIpc) is 3.15. The molecule has 47 heavy (non-hydrogen) atoms. The molecule has 0 saturated carbocycles. The maximum absolute atomic E-state index is 2.34. The molecule has 0 spiro atoms. The van der Waals surface area contributed by atoms with Crippen LogP contribution in [0, 0.1) is 0 Å². The van der Waals surface area contributed by atoms with Crippen LogP contribution >= 0.6 is 0 Å². The number of nitrogens with zero attached hydrogens (tertiary/aromatic N) is 1. The number of hydrogen-bond donors (Lipinski definition) is 0. The van der Waals surface area contributed by atoms with E-state index < -0.39 is 0 Å². The summed E-state index contributed by atoms with van der Waals surface area (Å²) >= 11 is 0. The maximum atomic E-state index is 2.34. The SMILES string of the molecule is c1ccc(N(c2cccc(-c3ccc4cc(-c5cc6ccccc6c6ccccc56)ccc4c3)c2)c2ccc3ccccc3c2)cc1. The fourth-order valence-corrected chi connectivity index (χ4v) is 7.05. The van der Waals surface area contributed by atoms with Crippen molar-refractivity contribution in [2.45, 2.75) is 0 Å². The fourth-order valence-electron chi connectivity index (χ4n) is 7.05. The minimum atomic E-state index is 1.13. The molecule has 1 heteroatoms. The lowest BCUT2D eigenvalue weighted by molar-refractivity contribution is 1.29. The van der Waals surface area contributed by atoms with Gasteiger partial charge in [0.2, 0.25) is 0 Å². The van der Waals surface area contributed by atoms with Gasteiger partial charge in [-0.3, -0.25) is 0 Å². The molecule has 0 aromatic heterocycles. The molecule has 0 heterocycles. The zero-order valence-electron chi connectivity index (χ0n) is 25.8. The number of benzene rings is 9. The first-order valence-electron chi connectivity index (χ1n) is 16.2. The Morgan fingerprint density at radius 3 is 1.64 bits per heavy atom. The van der Waals surface area contributed by atoms with Gasteiger partial charge in [-0.15, -0.1) is 0 Å². The Labute approximate surface area is 274 Å². The van der Waals surface area contributed by atoms with Crippen LogP contribution in [0.4, 0.5) is 17.1 Å². The van der Waals surface area contributed by atoms with Crippen molar-refractivity contribution < 1.29 is 0 Å². The average molecular weight is 598 g/mol. The maximum Gasteiger partial charge on any atom is 0.0468 e. The summed E-state index contributed by atoms with van der Waals surface area (Å²) in [6.07, 6.45) is 0. The minimum absolute atomic E-state index is 1.13. The third-order valence-corrected chi connectivity index (χ3v) is 9.36. The topological polar surface area (TPSA) is 3.24 Å². The van der Waals surface area contributed by atoms with Crippen LogP contribution in [-0.2, 0) is 0 Å². The minimum Gasteiger partial charge on any atom is -0.310 e. The second-order valence-corrected chi connectivity index (χ2v) is 12.2. The van der Waals surface area contributed by atoms with Crippen molar-refractivity contribution in [1.29, 1.82) is 0 Å². The standard InChI is InChI=1S/C46H31N/c1-2-15-40(16-3-1)47(42-26-25-32-11-4-5-12-33(32)29-42)41-17-10-14-34(30-41)35-21-22-37-28-39(24-23-36(37)27-35)46-31-38-13-6-7-18-43(38)44-19-8-9-20-45(44)46/h1-31H. The number of fused-ring (bicyclic) bond motifs is 5. The summed E-state index contributed by atoms with van der Waals surface area (Å²) in [4.78, 5) is 2.34. The second kappa shape index (κ2) is 11.3. The molecule has 0 amide bonds. The van der Waals surface area contributed by atoms with Crippen molar-refractivity contribution in [3.8, 4) is 22.3 Å². The predicted octanol–water partition coefficient (Wildman–Crippen LogP) is 13.1. The summed E-state index contributed by atoms with van der Waals surface area (Å²) in [7, 11) is 0. The molecule has 0 radical (unpaired) electrons. The summed E-state index contributed by atoms with van der Waals surface area (Å²) in [5.41, 5.74) is 8.30. The van der Waals surface area contributed by atoms with Crippen molar-refractivity contribution in [3.63, 3.8) is 0 Å². The van der Waals surface area contributed by atoms with E-state index >= 15 is 0 Å². The highest BCUT2D eigenvalue weighted by atomic mass is 15.1. The number of rotatable bonds is 5. The molecular formula is C46H31N. The van der Waals surface area contributed by atoms with Gasteiger partial charge in [0.25, 0.3) is 0 Å². The Balaban J connectivity index is 1.12. The van der Waals surface area contributed by atoms with E-state index in [9.17, 15) is 0 Å². The van der Waals surface area contributed by atoms with E-state index in [0.717, 1.165) is 17.1 Å². The highest BCUT2D eigenvalue weighted by Gasteiger charge is 2.14. The molecule has 9 aromatic carbocycles. The summed E-state index contributed by atoms with van der Waals surface area (Å²) in [5.74, 6) is 0. The van der Waals surface area contributed by atoms with Gasteiger partial charge >= 0.3 is 0 Å². The van der Waals surface area contributed by atoms with Crippen molar-refractivity contribution >= 4 is 60.2 Å². The third kappa shape index (κ3) is 4.90. The first kappa shape index (κ1) is 27.2. The Morgan fingerprint density at radius 2 is 0.809 bits per heavy atom. The smallest absolute Gasteiger partial charge is 0.0468 e. The zero-order valence-corrected chi connectivity index (χ0v) is 25.8. The first-order chi connectivity index (χ1) is 23.3. The van der Waals surface area contributed by atoms with E-state index in [1.54, 1.807) is 0 Å². The van der Waals surface area contributed by atoms with Crippen LogP contribution in [0.25, 0.3) is 65.3 Å². The van der Waals surface area contributed by atoms with E-state index in [1.165, 1.54) is 65.3 Å². The van der Waals surface area contributed by atoms with Gasteiger partial charge in [-0.25, -0.2) is 0 Å². The van der Waals surface area contributed by atoms with E-state index in [-0.39, 0.29) is 0 Å². The largest absolute Gasteiger partial charge is 0.310 e. The van der Waals surface area contributed by atoms with Crippen LogP contribution in [0.1, 0.15) is 0 Å². The number of hydrogen-bond acceptors (Lipinski definition) is 1. The zero-order chi connectivity index (χ0) is 31.2. The van der Waals surface area contributed by atoms with Crippen molar-refractivity contribution in [2.75, 3.05) is 4.90 Å². The van der Waals surface area contributed by atoms with E-state index in [1.807, 2.05) is 0 Å². The van der Waals surface area contributed by atoms with E-state index in [2.05, 4.69) is 193 Å². The summed E-state index contributed by atoms with van der Waals surface area (Å²) < 4.78 is 0. The molecule has 9 rings (SSSR count). The van der Waals surface area contributed by atoms with Crippen LogP contribution in [0.3, 0.4) is 0 Å². The Morgan fingerprint density at radius 1 is 0.255 bits per heavy atom. The second-order valence-electron chi connectivity index (χ2n) is 12.2. The van der Waals surface area contributed by atoms with Crippen molar-refractivity contribution in [1.82, 2.24) is 0 Å². The fraction of sp³-hybridized carbons (Fsp3) is 0. The summed E-state index contributed by atoms with van der Waals surface area (Å²) in [6, 6.07) is 68.3. The normalized spacial score (nSPS) is 11.4. The van der Waals surface area contributed by atoms with Crippen LogP contribution in [0.2, 0.25) is 0 Å². The molecule has 220 valence electrons. The molecule has 0 aliphatic rings.